The normalized spacial score (nSPS) is 11.1. The monoisotopic (exact) mass is 458 g/mol. The molecule has 1 amide bonds. The van der Waals surface area contributed by atoms with Crippen LogP contribution in [-0.2, 0) is 18.9 Å². The zero-order chi connectivity index (χ0) is 22.1. The molecular weight excluding hydrogens is 443 g/mol. The van der Waals surface area contributed by atoms with E-state index >= 15 is 0 Å². The lowest BCUT2D eigenvalue weighted by Crippen LogP contribution is -2.37. The lowest BCUT2D eigenvalue weighted by atomic mass is 10.2. The summed E-state index contributed by atoms with van der Waals surface area (Å²) in [5.74, 6) is -0.959. The van der Waals surface area contributed by atoms with Crippen molar-refractivity contribution in [2.45, 2.75) is 5.03 Å². The second-order valence-electron chi connectivity index (χ2n) is 6.41. The Morgan fingerprint density at radius 3 is 2.68 bits per heavy atom. The van der Waals surface area contributed by atoms with Crippen LogP contribution in [0.25, 0.3) is 22.4 Å². The Bertz CT molecular complexity index is 1410. The third kappa shape index (κ3) is 3.99. The number of aromatic nitrogens is 5. The Labute approximate surface area is 182 Å². The summed E-state index contributed by atoms with van der Waals surface area (Å²) in [6, 6.07) is 5.92. The molecule has 0 atom stereocenters. The molecule has 0 unspecified atom stereocenters. The van der Waals surface area contributed by atoms with Gasteiger partial charge in [-0.05, 0) is 12.1 Å². The second-order valence-corrected chi connectivity index (χ2v) is 8.27. The zero-order valence-corrected chi connectivity index (χ0v) is 18.0. The van der Waals surface area contributed by atoms with Crippen molar-refractivity contribution < 1.29 is 9.18 Å². The Hall–Kier alpha value is -3.38. The predicted octanol–water partition coefficient (Wildman–Crippen LogP) is 2.02. The number of rotatable bonds is 5. The van der Waals surface area contributed by atoms with Crippen molar-refractivity contribution >= 4 is 45.2 Å². The first-order valence-corrected chi connectivity index (χ1v) is 10.8. The lowest BCUT2D eigenvalue weighted by molar-refractivity contribution is -0.113. The summed E-state index contributed by atoms with van der Waals surface area (Å²) in [4.78, 5) is 50.1. The van der Waals surface area contributed by atoms with Crippen LogP contribution in [0.1, 0.15) is 0 Å². The van der Waals surface area contributed by atoms with Gasteiger partial charge in [0.05, 0.1) is 11.3 Å². The molecule has 0 saturated heterocycles. The third-order valence-electron chi connectivity index (χ3n) is 4.40. The van der Waals surface area contributed by atoms with Gasteiger partial charge in [-0.15, -0.1) is 11.3 Å². The number of thiazole rings is 1. The van der Waals surface area contributed by atoms with E-state index in [2.05, 4.69) is 20.3 Å². The van der Waals surface area contributed by atoms with Crippen molar-refractivity contribution in [2.75, 3.05) is 11.1 Å². The first kappa shape index (κ1) is 20.9. The number of anilines is 1. The van der Waals surface area contributed by atoms with E-state index in [1.165, 1.54) is 48.2 Å². The molecule has 0 aliphatic rings. The summed E-state index contributed by atoms with van der Waals surface area (Å²) in [5.41, 5.74) is -0.995. The number of benzene rings is 1. The number of hydrogen-bond donors (Lipinski definition) is 1. The first-order valence-electron chi connectivity index (χ1n) is 8.91. The van der Waals surface area contributed by atoms with Crippen LogP contribution < -0.4 is 16.6 Å². The quantitative estimate of drug-likeness (QED) is 0.360. The number of nitrogens with one attached hydrogen (secondary N) is 1. The smallest absolute Gasteiger partial charge is 0.301 e. The standard InChI is InChI=1S/C19H15FN6O3S2/c1-25-15-13(17(28)26(2)19(25)29)16(31-9-12(27)22-18-21-7-8-30-18)24-14(23-15)10-5-3-4-6-11(10)20/h3-8H,9H2,1-2H3,(H,21,22,27). The fourth-order valence-corrected chi connectivity index (χ4v) is 4.23. The Morgan fingerprint density at radius 1 is 1.19 bits per heavy atom. The van der Waals surface area contributed by atoms with Gasteiger partial charge >= 0.3 is 5.69 Å². The van der Waals surface area contributed by atoms with Crippen molar-refractivity contribution in [1.82, 2.24) is 24.1 Å². The molecule has 9 nitrogen and oxygen atoms in total. The maximum absolute atomic E-state index is 14.4. The molecule has 0 bridgehead atoms. The number of carbonyl (C=O) groups is 1. The summed E-state index contributed by atoms with van der Waals surface area (Å²) in [6.07, 6.45) is 1.57. The van der Waals surface area contributed by atoms with E-state index in [4.69, 9.17) is 0 Å². The molecule has 0 radical (unpaired) electrons. The van der Waals surface area contributed by atoms with Crippen molar-refractivity contribution in [3.63, 3.8) is 0 Å². The van der Waals surface area contributed by atoms with Gasteiger partial charge in [-0.2, -0.15) is 0 Å². The van der Waals surface area contributed by atoms with Crippen molar-refractivity contribution in [3.8, 4) is 11.4 Å². The highest BCUT2D eigenvalue weighted by molar-refractivity contribution is 8.00. The van der Waals surface area contributed by atoms with Gasteiger partial charge in [0.25, 0.3) is 5.56 Å². The van der Waals surface area contributed by atoms with Gasteiger partial charge in [0.1, 0.15) is 16.2 Å². The predicted molar refractivity (Wildman–Crippen MR) is 117 cm³/mol. The minimum Gasteiger partial charge on any atom is -0.301 e. The molecule has 3 heterocycles. The molecular formula is C19H15FN6O3S2. The van der Waals surface area contributed by atoms with Crippen molar-refractivity contribution in [1.29, 1.82) is 0 Å². The number of thioether (sulfide) groups is 1. The molecule has 158 valence electrons. The fourth-order valence-electron chi connectivity index (χ4n) is 2.87. The highest BCUT2D eigenvalue weighted by Crippen LogP contribution is 2.27. The minimum atomic E-state index is -0.596. The zero-order valence-electron chi connectivity index (χ0n) is 16.3. The van der Waals surface area contributed by atoms with Crippen LogP contribution in [0.5, 0.6) is 0 Å². The Kier molecular flexibility index (Phi) is 5.65. The number of hydrogen-bond acceptors (Lipinski definition) is 8. The van der Waals surface area contributed by atoms with Gasteiger partial charge in [-0.25, -0.2) is 24.1 Å². The molecule has 0 fully saturated rings. The molecule has 0 aliphatic carbocycles. The highest BCUT2D eigenvalue weighted by Gasteiger charge is 2.20. The Balaban J connectivity index is 1.83. The van der Waals surface area contributed by atoms with Gasteiger partial charge in [0, 0.05) is 25.7 Å². The van der Waals surface area contributed by atoms with E-state index in [1.54, 1.807) is 17.6 Å². The minimum absolute atomic E-state index is 0.0108. The summed E-state index contributed by atoms with van der Waals surface area (Å²) < 4.78 is 16.5. The Morgan fingerprint density at radius 2 is 1.97 bits per heavy atom. The molecule has 31 heavy (non-hydrogen) atoms. The van der Waals surface area contributed by atoms with E-state index in [1.807, 2.05) is 0 Å². The third-order valence-corrected chi connectivity index (χ3v) is 6.06. The van der Waals surface area contributed by atoms with Crippen LogP contribution >= 0.6 is 23.1 Å². The SMILES string of the molecule is Cn1c(=O)c2c(SCC(=O)Nc3nccs3)nc(-c3ccccc3F)nc2n(C)c1=O. The molecule has 1 aromatic carbocycles. The van der Waals surface area contributed by atoms with Gasteiger partial charge in [-0.3, -0.25) is 18.7 Å². The van der Waals surface area contributed by atoms with E-state index in [0.29, 0.717) is 5.13 Å². The average molecular weight is 459 g/mol. The highest BCUT2D eigenvalue weighted by atomic mass is 32.2. The van der Waals surface area contributed by atoms with Crippen LogP contribution in [0, 0.1) is 5.82 Å². The van der Waals surface area contributed by atoms with Gasteiger partial charge in [-0.1, -0.05) is 23.9 Å². The summed E-state index contributed by atoms with van der Waals surface area (Å²) in [7, 11) is 2.81. The molecule has 12 heteroatoms. The van der Waals surface area contributed by atoms with Crippen molar-refractivity contribution in [2.24, 2.45) is 14.1 Å². The van der Waals surface area contributed by atoms with Crippen LogP contribution in [0.3, 0.4) is 0 Å². The molecule has 0 spiro atoms. The number of carbonyl (C=O) groups excluding carboxylic acids is 1. The molecule has 0 saturated carbocycles. The van der Waals surface area contributed by atoms with E-state index in [9.17, 15) is 18.8 Å². The molecule has 1 N–H and O–H groups in total. The number of nitrogens with zero attached hydrogens (tertiary/aromatic N) is 5. The van der Waals surface area contributed by atoms with Gasteiger partial charge < -0.3 is 5.32 Å². The summed E-state index contributed by atoms with van der Waals surface area (Å²) in [6.45, 7) is 0. The number of amides is 1. The number of fused-ring (bicyclic) bond motifs is 1. The van der Waals surface area contributed by atoms with E-state index in [0.717, 1.165) is 16.3 Å². The number of halogens is 1. The van der Waals surface area contributed by atoms with E-state index in [-0.39, 0.29) is 39.1 Å². The molecule has 0 aliphatic heterocycles. The lowest BCUT2D eigenvalue weighted by Gasteiger charge is -2.12. The first-order chi connectivity index (χ1) is 14.9. The van der Waals surface area contributed by atoms with Crippen molar-refractivity contribution in [3.05, 3.63) is 62.5 Å². The molecule has 3 aromatic heterocycles. The maximum Gasteiger partial charge on any atom is 0.332 e. The van der Waals surface area contributed by atoms with Gasteiger partial charge in [0.15, 0.2) is 16.6 Å². The maximum atomic E-state index is 14.4. The van der Waals surface area contributed by atoms with Crippen LogP contribution in [0.4, 0.5) is 9.52 Å². The average Bonchev–Trinajstić information content (AvgIpc) is 3.27. The largest absolute Gasteiger partial charge is 0.332 e. The number of aryl methyl sites for hydroxylation is 1. The molecule has 4 aromatic rings. The fraction of sp³-hybridized carbons (Fsp3) is 0.158. The van der Waals surface area contributed by atoms with Crippen LogP contribution in [-0.4, -0.2) is 35.7 Å². The second kappa shape index (κ2) is 8.40. The summed E-state index contributed by atoms with van der Waals surface area (Å²) in [5, 5.41) is 5.08. The molecule has 4 rings (SSSR count). The van der Waals surface area contributed by atoms with Crippen LogP contribution in [0.2, 0.25) is 0 Å². The topological polar surface area (TPSA) is 112 Å². The summed E-state index contributed by atoms with van der Waals surface area (Å²) >= 11 is 2.27. The van der Waals surface area contributed by atoms with Crippen LogP contribution in [0.15, 0.2) is 50.5 Å². The van der Waals surface area contributed by atoms with E-state index < -0.39 is 17.1 Å². The van der Waals surface area contributed by atoms with Gasteiger partial charge in [0.2, 0.25) is 5.91 Å².